The van der Waals surface area contributed by atoms with Crippen LogP contribution in [0.1, 0.15) is 72.2 Å². The van der Waals surface area contributed by atoms with Gasteiger partial charge in [-0.15, -0.1) is 0 Å². The molecule has 0 unspecified atom stereocenters. The monoisotopic (exact) mass is 588 g/mol. The molecule has 0 atom stereocenters. The lowest BCUT2D eigenvalue weighted by molar-refractivity contribution is 0.177. The summed E-state index contributed by atoms with van der Waals surface area (Å²) in [6.07, 6.45) is 4.46. The molecule has 0 fully saturated rings. The Kier molecular flexibility index (Phi) is 9.79. The summed E-state index contributed by atoms with van der Waals surface area (Å²) in [5.41, 5.74) is 11.7. The molecule has 5 rings (SSSR count). The second-order valence-electron chi connectivity index (χ2n) is 12.0. The summed E-state index contributed by atoms with van der Waals surface area (Å²) in [4.78, 5) is 0. The molecule has 0 N–H and O–H groups in total. The van der Waals surface area contributed by atoms with Crippen molar-refractivity contribution >= 4 is 0 Å². The normalized spacial score (nSPS) is 12.8. The van der Waals surface area contributed by atoms with E-state index in [9.17, 15) is 0 Å². The van der Waals surface area contributed by atoms with Crippen molar-refractivity contribution in [2.45, 2.75) is 53.4 Å². The highest BCUT2D eigenvalue weighted by atomic mass is 16.5. The lowest BCUT2D eigenvalue weighted by Crippen LogP contribution is -2.36. The van der Waals surface area contributed by atoms with Crippen LogP contribution < -0.4 is 9.47 Å². The van der Waals surface area contributed by atoms with Crippen molar-refractivity contribution in [3.8, 4) is 11.5 Å². The molecular weight excluding hydrogens is 544 g/mol. The Morgan fingerprint density at radius 2 is 1.02 bits per heavy atom. The van der Waals surface area contributed by atoms with Gasteiger partial charge in [0.2, 0.25) is 0 Å². The molecule has 4 heteroatoms. The van der Waals surface area contributed by atoms with Gasteiger partial charge in [-0.05, 0) is 116 Å². The average molecular weight is 589 g/mol. The van der Waals surface area contributed by atoms with Crippen LogP contribution in [0.15, 0.2) is 109 Å². The summed E-state index contributed by atoms with van der Waals surface area (Å²) < 4.78 is 23.5. The number of hydrogen-bond donors (Lipinski definition) is 0. The van der Waals surface area contributed by atoms with Gasteiger partial charge in [-0.25, -0.2) is 0 Å². The second-order valence-corrected chi connectivity index (χ2v) is 12.0. The van der Waals surface area contributed by atoms with Gasteiger partial charge in [0.05, 0.1) is 17.9 Å². The summed E-state index contributed by atoms with van der Waals surface area (Å²) >= 11 is 0. The van der Waals surface area contributed by atoms with Crippen LogP contribution in [0.3, 0.4) is 0 Å². The molecule has 1 aliphatic rings. The van der Waals surface area contributed by atoms with Crippen LogP contribution in [0.2, 0.25) is 0 Å². The molecule has 4 aromatic carbocycles. The maximum absolute atomic E-state index is 6.16. The number of allylic oxidation sites excluding steroid dienone is 2. The molecule has 0 aliphatic heterocycles. The molecule has 4 aromatic rings. The second kappa shape index (κ2) is 13.9. The molecule has 0 amide bonds. The van der Waals surface area contributed by atoms with E-state index in [0.717, 1.165) is 40.2 Å². The zero-order valence-electron chi connectivity index (χ0n) is 26.9. The largest absolute Gasteiger partial charge is 0.498 e. The Morgan fingerprint density at radius 3 is 1.43 bits per heavy atom. The molecule has 0 spiro atoms. The minimum atomic E-state index is -0.503. The SMILES string of the molecule is CC(C)=COCCOc1ccc(C2(c3ccc(OCCOC=C(C)C)c(C)c3)c3ccccc3Cc3ccccc32)cc1C. The molecule has 0 aromatic heterocycles. The van der Waals surface area contributed by atoms with Crippen molar-refractivity contribution in [2.75, 3.05) is 26.4 Å². The van der Waals surface area contributed by atoms with Crippen molar-refractivity contribution in [1.29, 1.82) is 0 Å². The Morgan fingerprint density at radius 1 is 0.591 bits per heavy atom. The molecule has 0 heterocycles. The van der Waals surface area contributed by atoms with Crippen LogP contribution in [0, 0.1) is 13.8 Å². The zero-order valence-corrected chi connectivity index (χ0v) is 26.9. The molecular formula is C40H44O4. The van der Waals surface area contributed by atoms with E-state index >= 15 is 0 Å². The molecule has 0 bridgehead atoms. The highest BCUT2D eigenvalue weighted by Crippen LogP contribution is 2.51. The number of rotatable bonds is 12. The maximum Gasteiger partial charge on any atom is 0.122 e. The van der Waals surface area contributed by atoms with Gasteiger partial charge >= 0.3 is 0 Å². The van der Waals surface area contributed by atoms with Crippen molar-refractivity contribution in [1.82, 2.24) is 0 Å². The Hall–Kier alpha value is -4.44. The maximum atomic E-state index is 6.16. The average Bonchev–Trinajstić information content (AvgIpc) is 3.00. The van der Waals surface area contributed by atoms with Gasteiger partial charge in [-0.3, -0.25) is 0 Å². The third kappa shape index (κ3) is 6.55. The summed E-state index contributed by atoms with van der Waals surface area (Å²) in [6.45, 7) is 14.3. The number of aryl methyl sites for hydroxylation is 2. The van der Waals surface area contributed by atoms with E-state index in [0.29, 0.717) is 26.4 Å². The lowest BCUT2D eigenvalue weighted by atomic mass is 9.59. The summed E-state index contributed by atoms with van der Waals surface area (Å²) in [7, 11) is 0. The molecule has 0 saturated heterocycles. The van der Waals surface area contributed by atoms with Crippen LogP contribution in [-0.4, -0.2) is 26.4 Å². The minimum absolute atomic E-state index is 0.487. The first-order valence-corrected chi connectivity index (χ1v) is 15.4. The van der Waals surface area contributed by atoms with Gasteiger partial charge < -0.3 is 18.9 Å². The molecule has 228 valence electrons. The fourth-order valence-corrected chi connectivity index (χ4v) is 6.16. The fourth-order valence-electron chi connectivity index (χ4n) is 6.16. The third-order valence-corrected chi connectivity index (χ3v) is 8.00. The summed E-state index contributed by atoms with van der Waals surface area (Å²) in [5.74, 6) is 1.75. The van der Waals surface area contributed by atoms with Crippen molar-refractivity contribution in [3.05, 3.63) is 153 Å². The van der Waals surface area contributed by atoms with E-state index in [4.69, 9.17) is 18.9 Å². The van der Waals surface area contributed by atoms with E-state index in [2.05, 4.69) is 98.8 Å². The molecule has 4 nitrogen and oxygen atoms in total. The minimum Gasteiger partial charge on any atom is -0.498 e. The predicted octanol–water partition coefficient (Wildman–Crippen LogP) is 9.23. The number of fused-ring (bicyclic) bond motifs is 2. The quantitative estimate of drug-likeness (QED) is 0.108. The Bertz CT molecular complexity index is 1530. The van der Waals surface area contributed by atoms with Crippen LogP contribution in [-0.2, 0) is 21.3 Å². The van der Waals surface area contributed by atoms with Gasteiger partial charge in [-0.1, -0.05) is 72.8 Å². The zero-order chi connectivity index (χ0) is 31.1. The van der Waals surface area contributed by atoms with Crippen LogP contribution in [0.25, 0.3) is 0 Å². The summed E-state index contributed by atoms with van der Waals surface area (Å²) in [5, 5.41) is 0. The van der Waals surface area contributed by atoms with Crippen LogP contribution >= 0.6 is 0 Å². The van der Waals surface area contributed by atoms with Gasteiger partial charge in [-0.2, -0.15) is 0 Å². The van der Waals surface area contributed by atoms with E-state index in [1.165, 1.54) is 33.4 Å². The van der Waals surface area contributed by atoms with Gasteiger partial charge in [0.1, 0.15) is 37.9 Å². The van der Waals surface area contributed by atoms with E-state index < -0.39 is 5.41 Å². The standard InChI is InChI=1S/C40H44O4/c1-28(2)26-41-19-21-43-38-17-15-34(23-30(38)5)40(35-16-18-39(31(6)24-35)44-22-20-42-27-29(3)4)36-13-9-7-11-32(36)25-33-12-8-10-14-37(33)40/h7-18,23-24,26-27H,19-22,25H2,1-6H3. The van der Waals surface area contributed by atoms with Crippen molar-refractivity contribution in [3.63, 3.8) is 0 Å². The highest BCUT2D eigenvalue weighted by molar-refractivity contribution is 5.68. The van der Waals surface area contributed by atoms with Crippen LogP contribution in [0.4, 0.5) is 0 Å². The first-order valence-electron chi connectivity index (χ1n) is 15.4. The molecule has 1 aliphatic carbocycles. The smallest absolute Gasteiger partial charge is 0.122 e. The topological polar surface area (TPSA) is 36.9 Å². The predicted molar refractivity (Wildman–Crippen MR) is 179 cm³/mol. The first kappa shape index (κ1) is 31.0. The number of benzene rings is 4. The van der Waals surface area contributed by atoms with E-state index in [1.54, 1.807) is 12.5 Å². The van der Waals surface area contributed by atoms with E-state index in [-0.39, 0.29) is 0 Å². The Labute approximate surface area is 263 Å². The molecule has 0 saturated carbocycles. The Balaban J connectivity index is 1.57. The van der Waals surface area contributed by atoms with Crippen molar-refractivity contribution in [2.24, 2.45) is 0 Å². The molecule has 44 heavy (non-hydrogen) atoms. The van der Waals surface area contributed by atoms with Gasteiger partial charge in [0.15, 0.2) is 0 Å². The number of ether oxygens (including phenoxy) is 4. The third-order valence-electron chi connectivity index (χ3n) is 8.00. The van der Waals surface area contributed by atoms with Gasteiger partial charge in [0.25, 0.3) is 0 Å². The lowest BCUT2D eigenvalue weighted by Gasteiger charge is -2.42. The highest BCUT2D eigenvalue weighted by Gasteiger charge is 2.44. The molecule has 0 radical (unpaired) electrons. The summed E-state index contributed by atoms with van der Waals surface area (Å²) in [6, 6.07) is 31.1. The van der Waals surface area contributed by atoms with Gasteiger partial charge in [0, 0.05) is 0 Å². The number of hydrogen-bond acceptors (Lipinski definition) is 4. The van der Waals surface area contributed by atoms with E-state index in [1.807, 2.05) is 27.7 Å². The fraction of sp³-hybridized carbons (Fsp3) is 0.300. The van der Waals surface area contributed by atoms with Crippen molar-refractivity contribution < 1.29 is 18.9 Å². The van der Waals surface area contributed by atoms with Crippen LogP contribution in [0.5, 0.6) is 11.5 Å². The first-order chi connectivity index (χ1) is 21.3.